The molecule has 2 atom stereocenters. The maximum absolute atomic E-state index is 12.0. The van der Waals surface area contributed by atoms with Gasteiger partial charge in [-0.05, 0) is 13.5 Å². The van der Waals surface area contributed by atoms with Crippen LogP contribution in [0.25, 0.3) is 0 Å². The van der Waals surface area contributed by atoms with Crippen molar-refractivity contribution in [2.24, 2.45) is 5.92 Å². The molecule has 96 valence electrons. The molecule has 1 fully saturated rings. The van der Waals surface area contributed by atoms with Gasteiger partial charge in [0.2, 0.25) is 0 Å². The van der Waals surface area contributed by atoms with Crippen LogP contribution in [0.3, 0.4) is 0 Å². The average molecular weight is 241 g/mol. The topological polar surface area (TPSA) is 32.7 Å². The number of hydrogen-bond donors (Lipinski definition) is 1. The molecule has 1 N–H and O–H groups in total. The molecule has 0 aromatic heterocycles. The number of aliphatic hydroxyl groups is 1. The number of aliphatic hydroxyl groups excluding tert-OH is 1. The van der Waals surface area contributed by atoms with Gasteiger partial charge in [0.1, 0.15) is 0 Å². The molecule has 0 aliphatic carbocycles. The van der Waals surface area contributed by atoms with Gasteiger partial charge in [0.15, 0.2) is 0 Å². The quantitative estimate of drug-likeness (QED) is 0.804. The third-order valence-corrected chi connectivity index (χ3v) is 2.76. The van der Waals surface area contributed by atoms with Crippen LogP contribution in [-0.4, -0.2) is 55.6 Å². The molecule has 0 saturated carbocycles. The molecule has 0 amide bonds. The summed E-state index contributed by atoms with van der Waals surface area (Å²) in [5.74, 6) is -0.0769. The fraction of sp³-hybridized carbons (Fsp3) is 1.00. The van der Waals surface area contributed by atoms with Gasteiger partial charge in [-0.15, -0.1) is 0 Å². The van der Waals surface area contributed by atoms with Crippen LogP contribution in [0.15, 0.2) is 0 Å². The number of nitrogens with zero attached hydrogens (tertiary/aromatic N) is 1. The minimum Gasteiger partial charge on any atom is -0.393 e. The van der Waals surface area contributed by atoms with Gasteiger partial charge in [-0.2, -0.15) is 13.2 Å². The van der Waals surface area contributed by atoms with Gasteiger partial charge >= 0.3 is 6.18 Å². The number of ether oxygens (including phenoxy) is 1. The SMILES string of the molecule is CN(CCC(F)(F)F)CC1COCCC1O. The van der Waals surface area contributed by atoms with Crippen LogP contribution in [0, 0.1) is 5.92 Å². The smallest absolute Gasteiger partial charge is 0.390 e. The summed E-state index contributed by atoms with van der Waals surface area (Å²) in [6, 6.07) is 0. The molecule has 2 unspecified atom stereocenters. The molecule has 0 spiro atoms. The minimum absolute atomic E-state index is 0.0350. The van der Waals surface area contributed by atoms with E-state index in [9.17, 15) is 18.3 Å². The maximum atomic E-state index is 12.0. The highest BCUT2D eigenvalue weighted by Crippen LogP contribution is 2.20. The monoisotopic (exact) mass is 241 g/mol. The van der Waals surface area contributed by atoms with Crippen LogP contribution in [0.2, 0.25) is 0 Å². The number of rotatable bonds is 4. The molecule has 0 aromatic rings. The lowest BCUT2D eigenvalue weighted by molar-refractivity contribution is -0.138. The summed E-state index contributed by atoms with van der Waals surface area (Å²) in [4.78, 5) is 1.59. The summed E-state index contributed by atoms with van der Waals surface area (Å²) < 4.78 is 41.1. The third kappa shape index (κ3) is 5.14. The second kappa shape index (κ2) is 5.84. The van der Waals surface area contributed by atoms with Gasteiger partial charge in [-0.25, -0.2) is 0 Å². The van der Waals surface area contributed by atoms with Crippen molar-refractivity contribution in [2.75, 3.05) is 33.4 Å². The van der Waals surface area contributed by atoms with E-state index in [4.69, 9.17) is 4.74 Å². The van der Waals surface area contributed by atoms with Crippen LogP contribution < -0.4 is 0 Å². The van der Waals surface area contributed by atoms with E-state index >= 15 is 0 Å². The summed E-state index contributed by atoms with van der Waals surface area (Å²) >= 11 is 0. The molecule has 0 radical (unpaired) electrons. The average Bonchev–Trinajstić information content (AvgIpc) is 2.18. The first-order valence-corrected chi connectivity index (χ1v) is 5.39. The Kier molecular flexibility index (Phi) is 5.01. The first-order chi connectivity index (χ1) is 7.38. The van der Waals surface area contributed by atoms with Gasteiger partial charge in [-0.3, -0.25) is 0 Å². The predicted molar refractivity (Wildman–Crippen MR) is 53.1 cm³/mol. The molecule has 1 aliphatic rings. The minimum atomic E-state index is -4.12. The molecule has 6 heteroatoms. The maximum Gasteiger partial charge on any atom is 0.390 e. The zero-order valence-corrected chi connectivity index (χ0v) is 9.33. The third-order valence-electron chi connectivity index (χ3n) is 2.76. The molecule has 1 aliphatic heterocycles. The fourth-order valence-corrected chi connectivity index (χ4v) is 1.77. The van der Waals surface area contributed by atoms with Crippen molar-refractivity contribution in [1.29, 1.82) is 0 Å². The molecule has 0 aromatic carbocycles. The van der Waals surface area contributed by atoms with E-state index in [0.29, 0.717) is 26.2 Å². The summed E-state index contributed by atoms with van der Waals surface area (Å²) in [6.07, 6.45) is -4.82. The van der Waals surface area contributed by atoms with E-state index in [1.165, 1.54) is 0 Å². The lowest BCUT2D eigenvalue weighted by atomic mass is 9.98. The molecule has 16 heavy (non-hydrogen) atoms. The first-order valence-electron chi connectivity index (χ1n) is 5.39. The van der Waals surface area contributed by atoms with Crippen molar-refractivity contribution >= 4 is 0 Å². The van der Waals surface area contributed by atoms with Gasteiger partial charge in [0.25, 0.3) is 0 Å². The number of hydrogen-bond acceptors (Lipinski definition) is 3. The molecule has 1 rings (SSSR count). The Bertz CT molecular complexity index is 211. The van der Waals surface area contributed by atoms with Crippen molar-refractivity contribution in [1.82, 2.24) is 4.90 Å². The van der Waals surface area contributed by atoms with Crippen molar-refractivity contribution < 1.29 is 23.0 Å². The highest BCUT2D eigenvalue weighted by Gasteiger charge is 2.29. The lowest BCUT2D eigenvalue weighted by Gasteiger charge is -2.31. The van der Waals surface area contributed by atoms with Gasteiger partial charge in [0.05, 0.1) is 19.1 Å². The van der Waals surface area contributed by atoms with E-state index in [1.54, 1.807) is 11.9 Å². The Morgan fingerprint density at radius 1 is 1.44 bits per heavy atom. The van der Waals surface area contributed by atoms with E-state index in [1.807, 2.05) is 0 Å². The van der Waals surface area contributed by atoms with Crippen molar-refractivity contribution in [3.05, 3.63) is 0 Å². The second-order valence-corrected chi connectivity index (χ2v) is 4.32. The Morgan fingerprint density at radius 3 is 2.69 bits per heavy atom. The highest BCUT2D eigenvalue weighted by atomic mass is 19.4. The summed E-state index contributed by atoms with van der Waals surface area (Å²) in [5, 5.41) is 9.62. The normalized spacial score (nSPS) is 27.4. The molecule has 1 heterocycles. The zero-order valence-electron chi connectivity index (χ0n) is 9.33. The number of alkyl halides is 3. The predicted octanol–water partition coefficient (Wildman–Crippen LogP) is 1.27. The first kappa shape index (κ1) is 13.7. The fourth-order valence-electron chi connectivity index (χ4n) is 1.77. The van der Waals surface area contributed by atoms with Crippen LogP contribution in [0.5, 0.6) is 0 Å². The Balaban J connectivity index is 2.24. The molecular formula is C10H18F3NO2. The standard InChI is InChI=1S/C10H18F3NO2/c1-14(4-3-10(11,12)13)6-8-7-16-5-2-9(8)15/h8-9,15H,2-7H2,1H3. The molecule has 0 bridgehead atoms. The number of halogens is 3. The van der Waals surface area contributed by atoms with E-state index < -0.39 is 18.7 Å². The van der Waals surface area contributed by atoms with Crippen LogP contribution >= 0.6 is 0 Å². The Hall–Kier alpha value is -0.330. The van der Waals surface area contributed by atoms with Crippen LogP contribution in [0.1, 0.15) is 12.8 Å². The van der Waals surface area contributed by atoms with Crippen molar-refractivity contribution in [3.63, 3.8) is 0 Å². The molecule has 1 saturated heterocycles. The van der Waals surface area contributed by atoms with Gasteiger partial charge in [0, 0.05) is 25.6 Å². The van der Waals surface area contributed by atoms with Gasteiger partial charge in [-0.1, -0.05) is 0 Å². The largest absolute Gasteiger partial charge is 0.393 e. The van der Waals surface area contributed by atoms with Crippen molar-refractivity contribution in [2.45, 2.75) is 25.1 Å². The Labute approximate surface area is 93.2 Å². The van der Waals surface area contributed by atoms with Gasteiger partial charge < -0.3 is 14.7 Å². The van der Waals surface area contributed by atoms with Crippen LogP contribution in [-0.2, 0) is 4.74 Å². The second-order valence-electron chi connectivity index (χ2n) is 4.32. The summed E-state index contributed by atoms with van der Waals surface area (Å²) in [5.41, 5.74) is 0. The van der Waals surface area contributed by atoms with E-state index in [2.05, 4.69) is 0 Å². The zero-order chi connectivity index (χ0) is 12.2. The Morgan fingerprint density at radius 2 is 2.12 bits per heavy atom. The highest BCUT2D eigenvalue weighted by molar-refractivity contribution is 4.75. The van der Waals surface area contributed by atoms with Crippen molar-refractivity contribution in [3.8, 4) is 0 Å². The molecule has 3 nitrogen and oxygen atoms in total. The summed E-state index contributed by atoms with van der Waals surface area (Å²) in [7, 11) is 1.63. The summed E-state index contributed by atoms with van der Waals surface area (Å²) in [6.45, 7) is 1.37. The lowest BCUT2D eigenvalue weighted by Crippen LogP contribution is -2.40. The molecular weight excluding hydrogens is 223 g/mol. The van der Waals surface area contributed by atoms with Crippen LogP contribution in [0.4, 0.5) is 13.2 Å². The van der Waals surface area contributed by atoms with E-state index in [0.717, 1.165) is 0 Å². The van der Waals surface area contributed by atoms with E-state index in [-0.39, 0.29) is 12.5 Å².